The van der Waals surface area contributed by atoms with E-state index in [0.717, 1.165) is 5.69 Å². The maximum Gasteiger partial charge on any atom is 0.245 e. The van der Waals surface area contributed by atoms with Crippen molar-refractivity contribution >= 4 is 11.9 Å². The maximum absolute atomic E-state index is 12.6. The third kappa shape index (κ3) is 3.32. The Labute approximate surface area is 141 Å². The molecule has 0 unspecified atom stereocenters. The molecular formula is C16H22N6O2. The van der Waals surface area contributed by atoms with Gasteiger partial charge in [-0.1, -0.05) is 0 Å². The topological polar surface area (TPSA) is 76.4 Å². The van der Waals surface area contributed by atoms with Crippen molar-refractivity contribution in [2.75, 3.05) is 38.2 Å². The number of amides is 1. The van der Waals surface area contributed by atoms with Crippen molar-refractivity contribution in [1.29, 1.82) is 0 Å². The molecule has 1 aliphatic heterocycles. The van der Waals surface area contributed by atoms with E-state index in [2.05, 4.69) is 19.9 Å². The molecule has 3 heterocycles. The molecule has 2 aromatic rings. The summed E-state index contributed by atoms with van der Waals surface area (Å²) in [5.41, 5.74) is 0.865. The number of hydrogen-bond acceptors (Lipinski definition) is 6. The average molecular weight is 330 g/mol. The Morgan fingerprint density at radius 3 is 2.62 bits per heavy atom. The minimum absolute atomic E-state index is 0.107. The number of rotatable bonds is 4. The zero-order valence-electron chi connectivity index (χ0n) is 14.2. The predicted octanol–water partition coefficient (Wildman–Crippen LogP) is 0.900. The number of aryl methyl sites for hydroxylation is 1. The van der Waals surface area contributed by atoms with Crippen LogP contribution in [-0.4, -0.2) is 63.6 Å². The molecule has 0 N–H and O–H groups in total. The van der Waals surface area contributed by atoms with Gasteiger partial charge >= 0.3 is 0 Å². The Kier molecular flexibility index (Phi) is 4.64. The van der Waals surface area contributed by atoms with Gasteiger partial charge in [0.05, 0.1) is 13.4 Å². The van der Waals surface area contributed by atoms with Crippen LogP contribution in [0, 0.1) is 6.92 Å². The second-order valence-electron chi connectivity index (χ2n) is 5.85. The molecule has 1 saturated heterocycles. The van der Waals surface area contributed by atoms with Gasteiger partial charge in [0.2, 0.25) is 17.7 Å². The van der Waals surface area contributed by atoms with E-state index in [0.29, 0.717) is 38.0 Å². The van der Waals surface area contributed by atoms with Crippen LogP contribution in [0.1, 0.15) is 18.7 Å². The molecule has 0 saturated carbocycles. The van der Waals surface area contributed by atoms with Crippen molar-refractivity contribution in [3.8, 4) is 5.88 Å². The zero-order valence-corrected chi connectivity index (χ0v) is 14.2. The monoisotopic (exact) mass is 330 g/mol. The van der Waals surface area contributed by atoms with Crippen LogP contribution in [0.15, 0.2) is 24.8 Å². The Morgan fingerprint density at radius 2 is 2.00 bits per heavy atom. The molecule has 128 valence electrons. The lowest BCUT2D eigenvalue weighted by Crippen LogP contribution is -2.50. The minimum Gasteiger partial charge on any atom is -0.481 e. The van der Waals surface area contributed by atoms with Gasteiger partial charge in [-0.05, 0) is 13.8 Å². The maximum atomic E-state index is 12.6. The van der Waals surface area contributed by atoms with Gasteiger partial charge in [0.1, 0.15) is 6.04 Å². The third-order valence-corrected chi connectivity index (χ3v) is 4.23. The molecule has 3 rings (SSSR count). The number of carbonyl (C=O) groups is 1. The van der Waals surface area contributed by atoms with Crippen molar-refractivity contribution in [2.24, 2.45) is 0 Å². The van der Waals surface area contributed by atoms with Crippen molar-refractivity contribution in [2.45, 2.75) is 19.9 Å². The van der Waals surface area contributed by atoms with E-state index in [1.54, 1.807) is 25.7 Å². The van der Waals surface area contributed by atoms with Gasteiger partial charge in [-0.2, -0.15) is 4.98 Å². The van der Waals surface area contributed by atoms with Gasteiger partial charge in [0, 0.05) is 50.3 Å². The summed E-state index contributed by atoms with van der Waals surface area (Å²) in [7, 11) is 1.60. The largest absolute Gasteiger partial charge is 0.481 e. The van der Waals surface area contributed by atoms with Gasteiger partial charge < -0.3 is 19.1 Å². The molecule has 1 fully saturated rings. The number of piperazine rings is 1. The van der Waals surface area contributed by atoms with E-state index in [4.69, 9.17) is 4.74 Å². The number of nitrogens with zero attached hydrogens (tertiary/aromatic N) is 6. The molecule has 0 spiro atoms. The quantitative estimate of drug-likeness (QED) is 0.829. The summed E-state index contributed by atoms with van der Waals surface area (Å²) in [4.78, 5) is 29.4. The lowest BCUT2D eigenvalue weighted by atomic mass is 10.2. The summed E-state index contributed by atoms with van der Waals surface area (Å²) < 4.78 is 7.03. The molecule has 0 aromatic carbocycles. The first kappa shape index (κ1) is 16.2. The number of methoxy groups -OCH3 is 1. The second-order valence-corrected chi connectivity index (χ2v) is 5.85. The number of imidazole rings is 1. The fourth-order valence-electron chi connectivity index (χ4n) is 2.79. The Bertz CT molecular complexity index is 695. The summed E-state index contributed by atoms with van der Waals surface area (Å²) in [5, 5.41) is 0. The first-order chi connectivity index (χ1) is 11.6. The van der Waals surface area contributed by atoms with Crippen molar-refractivity contribution in [1.82, 2.24) is 24.4 Å². The molecule has 0 aliphatic carbocycles. The number of ether oxygens (including phenoxy) is 1. The third-order valence-electron chi connectivity index (χ3n) is 4.23. The molecule has 1 amide bonds. The fraction of sp³-hybridized carbons (Fsp3) is 0.500. The van der Waals surface area contributed by atoms with E-state index in [1.165, 1.54) is 0 Å². The summed E-state index contributed by atoms with van der Waals surface area (Å²) in [6, 6.07) is 1.56. The SMILES string of the molecule is COc1cc(C)nc(N2CCN(C(=O)[C@@H](C)n3ccnc3)CC2)n1. The first-order valence-corrected chi connectivity index (χ1v) is 7.99. The Hall–Kier alpha value is -2.64. The van der Waals surface area contributed by atoms with Crippen molar-refractivity contribution in [3.05, 3.63) is 30.5 Å². The Morgan fingerprint density at radius 1 is 1.25 bits per heavy atom. The van der Waals surface area contributed by atoms with Gasteiger partial charge in [0.25, 0.3) is 0 Å². The van der Waals surface area contributed by atoms with Crippen LogP contribution in [-0.2, 0) is 4.79 Å². The standard InChI is InChI=1S/C16H22N6O2/c1-12-10-14(24-3)19-16(18-12)21-8-6-20(7-9-21)15(23)13(2)22-5-4-17-11-22/h4-5,10-11,13H,6-9H2,1-3H3/t13-/m1/s1. The Balaban J connectivity index is 1.63. The molecule has 0 bridgehead atoms. The molecule has 8 nitrogen and oxygen atoms in total. The summed E-state index contributed by atoms with van der Waals surface area (Å²) in [6.45, 7) is 6.52. The second kappa shape index (κ2) is 6.86. The van der Waals surface area contributed by atoms with Crippen molar-refractivity contribution < 1.29 is 9.53 Å². The number of aromatic nitrogens is 4. The van der Waals surface area contributed by atoms with Crippen LogP contribution in [0.3, 0.4) is 0 Å². The molecule has 24 heavy (non-hydrogen) atoms. The summed E-state index contributed by atoms with van der Waals surface area (Å²) in [6.07, 6.45) is 5.17. The highest BCUT2D eigenvalue weighted by Crippen LogP contribution is 2.18. The molecule has 1 atom stereocenters. The first-order valence-electron chi connectivity index (χ1n) is 7.99. The van der Waals surface area contributed by atoms with Gasteiger partial charge in [-0.3, -0.25) is 4.79 Å². The minimum atomic E-state index is -0.241. The molecule has 8 heteroatoms. The smallest absolute Gasteiger partial charge is 0.245 e. The van der Waals surface area contributed by atoms with Crippen LogP contribution in [0.5, 0.6) is 5.88 Å². The zero-order chi connectivity index (χ0) is 17.1. The van der Waals surface area contributed by atoms with Crippen LogP contribution in [0.2, 0.25) is 0 Å². The van der Waals surface area contributed by atoms with E-state index < -0.39 is 0 Å². The van der Waals surface area contributed by atoms with Crippen LogP contribution in [0.25, 0.3) is 0 Å². The summed E-state index contributed by atoms with van der Waals surface area (Å²) in [5.74, 6) is 1.32. The number of hydrogen-bond donors (Lipinski definition) is 0. The predicted molar refractivity (Wildman–Crippen MR) is 89.1 cm³/mol. The van der Waals surface area contributed by atoms with Crippen LogP contribution < -0.4 is 9.64 Å². The van der Waals surface area contributed by atoms with E-state index >= 15 is 0 Å². The number of carbonyl (C=O) groups excluding carboxylic acids is 1. The normalized spacial score (nSPS) is 16.1. The lowest BCUT2D eigenvalue weighted by Gasteiger charge is -2.36. The molecule has 0 radical (unpaired) electrons. The van der Waals surface area contributed by atoms with E-state index in [-0.39, 0.29) is 11.9 Å². The molecule has 1 aliphatic rings. The van der Waals surface area contributed by atoms with E-state index in [9.17, 15) is 4.79 Å². The van der Waals surface area contributed by atoms with Crippen molar-refractivity contribution in [3.63, 3.8) is 0 Å². The van der Waals surface area contributed by atoms with Crippen LogP contribution in [0.4, 0.5) is 5.95 Å². The van der Waals surface area contributed by atoms with Gasteiger partial charge in [0.15, 0.2) is 0 Å². The fourth-order valence-corrected chi connectivity index (χ4v) is 2.79. The highest BCUT2D eigenvalue weighted by atomic mass is 16.5. The van der Waals surface area contributed by atoms with Gasteiger partial charge in [-0.15, -0.1) is 0 Å². The lowest BCUT2D eigenvalue weighted by molar-refractivity contribution is -0.134. The molecular weight excluding hydrogens is 308 g/mol. The highest BCUT2D eigenvalue weighted by molar-refractivity contribution is 5.80. The highest BCUT2D eigenvalue weighted by Gasteiger charge is 2.26. The van der Waals surface area contributed by atoms with Crippen LogP contribution >= 0.6 is 0 Å². The number of anilines is 1. The molecule has 2 aromatic heterocycles. The van der Waals surface area contributed by atoms with Gasteiger partial charge in [-0.25, -0.2) is 9.97 Å². The average Bonchev–Trinajstić information content (AvgIpc) is 3.14. The van der Waals surface area contributed by atoms with E-state index in [1.807, 2.05) is 29.5 Å². The summed E-state index contributed by atoms with van der Waals surface area (Å²) >= 11 is 0.